The van der Waals surface area contributed by atoms with E-state index in [1.807, 2.05) is 55.5 Å². The van der Waals surface area contributed by atoms with E-state index in [1.165, 1.54) is 0 Å². The Morgan fingerprint density at radius 1 is 1.13 bits per heavy atom. The molecule has 1 N–H and O–H groups in total. The number of carbonyl (C=O) groups is 1. The van der Waals surface area contributed by atoms with Gasteiger partial charge < -0.3 is 14.8 Å². The summed E-state index contributed by atoms with van der Waals surface area (Å²) in [5, 5.41) is 2.97. The van der Waals surface area contributed by atoms with Gasteiger partial charge in [0.15, 0.2) is 0 Å². The molecule has 122 valence electrons. The number of halogens is 1. The minimum absolute atomic E-state index is 0.0400. The SMILES string of the molecule is COc1ccc(OCCC(=O)NC(C)c2ccccc2Br)cc1. The zero-order valence-corrected chi connectivity index (χ0v) is 14.8. The standard InChI is InChI=1S/C18H20BrNO3/c1-13(16-5-3-4-6-17(16)19)20-18(21)11-12-23-15-9-7-14(22-2)8-10-15/h3-10,13H,11-12H2,1-2H3,(H,20,21). The molecule has 2 rings (SSSR count). The largest absolute Gasteiger partial charge is 0.497 e. The number of ether oxygens (including phenoxy) is 2. The quantitative estimate of drug-likeness (QED) is 0.789. The zero-order chi connectivity index (χ0) is 16.7. The third-order valence-electron chi connectivity index (χ3n) is 3.41. The molecule has 2 aromatic carbocycles. The minimum atomic E-state index is -0.0564. The Balaban J connectivity index is 1.77. The Hall–Kier alpha value is -2.01. The summed E-state index contributed by atoms with van der Waals surface area (Å²) in [6, 6.07) is 15.1. The molecule has 0 spiro atoms. The normalized spacial score (nSPS) is 11.6. The van der Waals surface area contributed by atoms with Gasteiger partial charge >= 0.3 is 0 Å². The number of rotatable bonds is 7. The Labute approximate surface area is 144 Å². The Kier molecular flexibility index (Phi) is 6.47. The van der Waals surface area contributed by atoms with Crippen LogP contribution in [0.4, 0.5) is 0 Å². The van der Waals surface area contributed by atoms with Crippen molar-refractivity contribution in [2.75, 3.05) is 13.7 Å². The van der Waals surface area contributed by atoms with Crippen LogP contribution >= 0.6 is 15.9 Å². The van der Waals surface area contributed by atoms with Gasteiger partial charge in [-0.1, -0.05) is 34.1 Å². The van der Waals surface area contributed by atoms with Crippen molar-refractivity contribution in [2.45, 2.75) is 19.4 Å². The van der Waals surface area contributed by atoms with Crippen LogP contribution in [0.5, 0.6) is 11.5 Å². The van der Waals surface area contributed by atoms with Gasteiger partial charge in [0.1, 0.15) is 11.5 Å². The number of methoxy groups -OCH3 is 1. The molecule has 1 amide bonds. The van der Waals surface area contributed by atoms with E-state index in [-0.39, 0.29) is 11.9 Å². The van der Waals surface area contributed by atoms with E-state index in [2.05, 4.69) is 21.2 Å². The van der Waals surface area contributed by atoms with Gasteiger partial charge in [-0.3, -0.25) is 4.79 Å². The van der Waals surface area contributed by atoms with E-state index in [0.29, 0.717) is 13.0 Å². The lowest BCUT2D eigenvalue weighted by atomic mass is 10.1. The van der Waals surface area contributed by atoms with Crippen molar-refractivity contribution in [2.24, 2.45) is 0 Å². The van der Waals surface area contributed by atoms with Crippen LogP contribution in [-0.4, -0.2) is 19.6 Å². The molecule has 0 aliphatic heterocycles. The van der Waals surface area contributed by atoms with Gasteiger partial charge in [0.2, 0.25) is 5.91 Å². The number of hydrogen-bond acceptors (Lipinski definition) is 3. The molecule has 0 fully saturated rings. The smallest absolute Gasteiger partial charge is 0.223 e. The Morgan fingerprint density at radius 3 is 2.43 bits per heavy atom. The first-order valence-electron chi connectivity index (χ1n) is 7.41. The fourth-order valence-corrected chi connectivity index (χ4v) is 2.78. The van der Waals surface area contributed by atoms with Crippen LogP contribution in [-0.2, 0) is 4.79 Å². The van der Waals surface area contributed by atoms with E-state index >= 15 is 0 Å². The molecule has 0 heterocycles. The average Bonchev–Trinajstić information content (AvgIpc) is 2.55. The maximum absolute atomic E-state index is 12.0. The van der Waals surface area contributed by atoms with Gasteiger partial charge in [-0.05, 0) is 42.8 Å². The van der Waals surface area contributed by atoms with Gasteiger partial charge in [-0.2, -0.15) is 0 Å². The topological polar surface area (TPSA) is 47.6 Å². The van der Waals surface area contributed by atoms with E-state index in [0.717, 1.165) is 21.5 Å². The first kappa shape index (κ1) is 17.3. The fraction of sp³-hybridized carbons (Fsp3) is 0.278. The number of amides is 1. The molecule has 0 aliphatic carbocycles. The Morgan fingerprint density at radius 2 is 1.78 bits per heavy atom. The lowest BCUT2D eigenvalue weighted by molar-refractivity contribution is -0.122. The van der Waals surface area contributed by atoms with Gasteiger partial charge in [0.25, 0.3) is 0 Å². The summed E-state index contributed by atoms with van der Waals surface area (Å²) in [6.07, 6.45) is 0.306. The van der Waals surface area contributed by atoms with Crippen LogP contribution < -0.4 is 14.8 Å². The van der Waals surface area contributed by atoms with Crippen molar-refractivity contribution in [3.8, 4) is 11.5 Å². The van der Waals surface area contributed by atoms with E-state index < -0.39 is 0 Å². The third-order valence-corrected chi connectivity index (χ3v) is 4.13. The Bertz CT molecular complexity index is 643. The highest BCUT2D eigenvalue weighted by Gasteiger charge is 2.11. The van der Waals surface area contributed by atoms with E-state index in [1.54, 1.807) is 7.11 Å². The average molecular weight is 378 g/mol. The molecular weight excluding hydrogens is 358 g/mol. The lowest BCUT2D eigenvalue weighted by Gasteiger charge is -2.16. The van der Waals surface area contributed by atoms with Crippen molar-refractivity contribution < 1.29 is 14.3 Å². The van der Waals surface area contributed by atoms with Crippen molar-refractivity contribution in [1.29, 1.82) is 0 Å². The molecule has 4 nitrogen and oxygen atoms in total. The van der Waals surface area contributed by atoms with Crippen LogP contribution in [0.2, 0.25) is 0 Å². The molecule has 2 aromatic rings. The second-order valence-electron chi connectivity index (χ2n) is 5.08. The lowest BCUT2D eigenvalue weighted by Crippen LogP contribution is -2.28. The highest BCUT2D eigenvalue weighted by atomic mass is 79.9. The fourth-order valence-electron chi connectivity index (χ4n) is 2.15. The number of nitrogens with one attached hydrogen (secondary N) is 1. The van der Waals surface area contributed by atoms with Crippen LogP contribution in [0.15, 0.2) is 53.0 Å². The minimum Gasteiger partial charge on any atom is -0.497 e. The first-order valence-corrected chi connectivity index (χ1v) is 8.20. The number of hydrogen-bond donors (Lipinski definition) is 1. The predicted molar refractivity (Wildman–Crippen MR) is 93.8 cm³/mol. The summed E-state index contributed by atoms with van der Waals surface area (Å²) >= 11 is 3.50. The molecule has 1 unspecified atom stereocenters. The maximum Gasteiger partial charge on any atom is 0.223 e. The first-order chi connectivity index (χ1) is 11.1. The monoisotopic (exact) mass is 377 g/mol. The van der Waals surface area contributed by atoms with Gasteiger partial charge in [0, 0.05) is 4.47 Å². The van der Waals surface area contributed by atoms with Crippen molar-refractivity contribution in [3.63, 3.8) is 0 Å². The summed E-state index contributed by atoms with van der Waals surface area (Å²) < 4.78 is 11.6. The van der Waals surface area contributed by atoms with Gasteiger partial charge in [-0.15, -0.1) is 0 Å². The molecule has 0 aromatic heterocycles. The van der Waals surface area contributed by atoms with Crippen molar-refractivity contribution >= 4 is 21.8 Å². The zero-order valence-electron chi connectivity index (χ0n) is 13.2. The molecule has 0 saturated carbocycles. The molecule has 0 saturated heterocycles. The molecule has 23 heavy (non-hydrogen) atoms. The van der Waals surface area contributed by atoms with Gasteiger partial charge in [-0.25, -0.2) is 0 Å². The summed E-state index contributed by atoms with van der Waals surface area (Å²) in [5.41, 5.74) is 1.05. The summed E-state index contributed by atoms with van der Waals surface area (Å²) in [4.78, 5) is 12.0. The molecule has 0 radical (unpaired) electrons. The molecule has 1 atom stereocenters. The maximum atomic E-state index is 12.0. The second kappa shape index (κ2) is 8.58. The van der Waals surface area contributed by atoms with Crippen LogP contribution in [0, 0.1) is 0 Å². The highest BCUT2D eigenvalue weighted by Crippen LogP contribution is 2.22. The number of carbonyl (C=O) groups excluding carboxylic acids is 1. The van der Waals surface area contributed by atoms with Crippen molar-refractivity contribution in [3.05, 3.63) is 58.6 Å². The third kappa shape index (κ3) is 5.28. The van der Waals surface area contributed by atoms with Crippen LogP contribution in [0.3, 0.4) is 0 Å². The molecule has 0 bridgehead atoms. The molecule has 0 aliphatic rings. The molecular formula is C18H20BrNO3. The summed E-state index contributed by atoms with van der Waals surface area (Å²) in [7, 11) is 1.62. The van der Waals surface area contributed by atoms with E-state index in [9.17, 15) is 4.79 Å². The van der Waals surface area contributed by atoms with Crippen LogP contribution in [0.1, 0.15) is 24.9 Å². The van der Waals surface area contributed by atoms with Crippen molar-refractivity contribution in [1.82, 2.24) is 5.32 Å². The van der Waals surface area contributed by atoms with Gasteiger partial charge in [0.05, 0.1) is 26.2 Å². The van der Waals surface area contributed by atoms with Crippen LogP contribution in [0.25, 0.3) is 0 Å². The predicted octanol–water partition coefficient (Wildman–Crippen LogP) is 4.10. The number of benzene rings is 2. The highest BCUT2D eigenvalue weighted by molar-refractivity contribution is 9.10. The van der Waals surface area contributed by atoms with E-state index in [4.69, 9.17) is 9.47 Å². The summed E-state index contributed by atoms with van der Waals surface area (Å²) in [6.45, 7) is 2.29. The second-order valence-corrected chi connectivity index (χ2v) is 5.94. The summed E-state index contributed by atoms with van der Waals surface area (Å²) in [5.74, 6) is 1.46. The molecule has 5 heteroatoms.